The fraction of sp³-hybridized carbons (Fsp3) is 0.391. The minimum atomic E-state index is -3.94. The number of carbonyl (C=O) groups is 2. The number of fused-ring (bicyclic) bond motifs is 1. The Morgan fingerprint density at radius 2 is 1.94 bits per heavy atom. The molecule has 2 N–H and O–H groups in total. The Morgan fingerprint density at radius 1 is 1.22 bits per heavy atom. The third-order valence-corrected chi connectivity index (χ3v) is 7.94. The zero-order valence-corrected chi connectivity index (χ0v) is 19.2. The molecule has 9 heteroatoms. The SMILES string of the molecule is Cc1ccc(CNC(=O)[C@H]2CCCN2S(=O)(=O)c2cc3c(cc2C)NC(=O)[C@H](C)O3)cc1. The second kappa shape index (κ2) is 8.55. The number of amides is 2. The van der Waals surface area contributed by atoms with Gasteiger partial charge >= 0.3 is 0 Å². The van der Waals surface area contributed by atoms with Crippen LogP contribution in [-0.4, -0.2) is 43.2 Å². The molecule has 0 aromatic heterocycles. The number of hydrogen-bond donors (Lipinski definition) is 2. The number of benzene rings is 2. The van der Waals surface area contributed by atoms with E-state index in [9.17, 15) is 18.0 Å². The van der Waals surface area contributed by atoms with Crippen molar-refractivity contribution in [3.63, 3.8) is 0 Å². The van der Waals surface area contributed by atoms with Crippen molar-refractivity contribution >= 4 is 27.5 Å². The summed E-state index contributed by atoms with van der Waals surface area (Å²) in [4.78, 5) is 24.8. The molecule has 32 heavy (non-hydrogen) atoms. The van der Waals surface area contributed by atoms with Crippen LogP contribution in [0, 0.1) is 13.8 Å². The number of anilines is 1. The van der Waals surface area contributed by atoms with Gasteiger partial charge in [0.1, 0.15) is 11.8 Å². The van der Waals surface area contributed by atoms with Crippen LogP contribution in [0.1, 0.15) is 36.5 Å². The highest BCUT2D eigenvalue weighted by atomic mass is 32.2. The van der Waals surface area contributed by atoms with Crippen molar-refractivity contribution in [2.24, 2.45) is 0 Å². The lowest BCUT2D eigenvalue weighted by Crippen LogP contribution is -2.45. The Kier molecular flexibility index (Phi) is 5.96. The summed E-state index contributed by atoms with van der Waals surface area (Å²) in [5.41, 5.74) is 3.01. The monoisotopic (exact) mass is 457 g/mol. The number of sulfonamides is 1. The van der Waals surface area contributed by atoms with Gasteiger partial charge in [-0.05, 0) is 50.8 Å². The fourth-order valence-electron chi connectivity index (χ4n) is 4.05. The van der Waals surface area contributed by atoms with Crippen LogP contribution in [0.25, 0.3) is 0 Å². The summed E-state index contributed by atoms with van der Waals surface area (Å²) in [6.45, 7) is 5.87. The fourth-order valence-corrected chi connectivity index (χ4v) is 5.93. The molecule has 0 bridgehead atoms. The first kappa shape index (κ1) is 22.3. The largest absolute Gasteiger partial charge is 0.479 e. The van der Waals surface area contributed by atoms with Crippen molar-refractivity contribution in [2.75, 3.05) is 11.9 Å². The van der Waals surface area contributed by atoms with Crippen molar-refractivity contribution < 1.29 is 22.7 Å². The lowest BCUT2D eigenvalue weighted by atomic mass is 10.1. The molecule has 2 aliphatic heterocycles. The number of aryl methyl sites for hydroxylation is 2. The molecule has 2 aromatic rings. The lowest BCUT2D eigenvalue weighted by Gasteiger charge is -2.27. The highest BCUT2D eigenvalue weighted by Crippen LogP contribution is 2.36. The van der Waals surface area contributed by atoms with Crippen LogP contribution in [0.5, 0.6) is 5.75 Å². The molecule has 2 aromatic carbocycles. The minimum Gasteiger partial charge on any atom is -0.479 e. The number of ether oxygens (including phenoxy) is 1. The lowest BCUT2D eigenvalue weighted by molar-refractivity contribution is -0.124. The molecular formula is C23H27N3O5S. The van der Waals surface area contributed by atoms with E-state index >= 15 is 0 Å². The van der Waals surface area contributed by atoms with E-state index < -0.39 is 22.2 Å². The van der Waals surface area contributed by atoms with Gasteiger partial charge in [-0.3, -0.25) is 9.59 Å². The van der Waals surface area contributed by atoms with Gasteiger partial charge in [-0.15, -0.1) is 0 Å². The molecule has 2 aliphatic rings. The predicted octanol–water partition coefficient (Wildman–Crippen LogP) is 2.49. The van der Waals surface area contributed by atoms with E-state index in [1.165, 1.54) is 10.4 Å². The molecule has 1 saturated heterocycles. The average molecular weight is 458 g/mol. The molecule has 0 unspecified atom stereocenters. The van der Waals surface area contributed by atoms with Crippen LogP contribution in [0.15, 0.2) is 41.3 Å². The average Bonchev–Trinajstić information content (AvgIpc) is 3.25. The van der Waals surface area contributed by atoms with Gasteiger partial charge in [0.25, 0.3) is 5.91 Å². The number of nitrogens with zero attached hydrogens (tertiary/aromatic N) is 1. The number of nitrogens with one attached hydrogen (secondary N) is 2. The van der Waals surface area contributed by atoms with Gasteiger partial charge in [-0.2, -0.15) is 4.31 Å². The molecule has 2 atom stereocenters. The van der Waals surface area contributed by atoms with Gasteiger partial charge in [0.15, 0.2) is 6.10 Å². The summed E-state index contributed by atoms with van der Waals surface area (Å²) < 4.78 is 33.9. The highest BCUT2D eigenvalue weighted by Gasteiger charge is 2.40. The molecule has 0 saturated carbocycles. The summed E-state index contributed by atoms with van der Waals surface area (Å²) in [6.07, 6.45) is 0.356. The quantitative estimate of drug-likeness (QED) is 0.718. The van der Waals surface area contributed by atoms with Crippen molar-refractivity contribution in [1.82, 2.24) is 9.62 Å². The van der Waals surface area contributed by atoms with Crippen molar-refractivity contribution in [2.45, 2.75) is 57.2 Å². The van der Waals surface area contributed by atoms with Gasteiger partial charge in [-0.25, -0.2) is 8.42 Å². The van der Waals surface area contributed by atoms with Crippen LogP contribution < -0.4 is 15.4 Å². The van der Waals surface area contributed by atoms with Crippen LogP contribution in [0.2, 0.25) is 0 Å². The van der Waals surface area contributed by atoms with Crippen molar-refractivity contribution in [3.8, 4) is 5.75 Å². The first-order valence-corrected chi connectivity index (χ1v) is 12.1. The summed E-state index contributed by atoms with van der Waals surface area (Å²) >= 11 is 0. The molecule has 8 nitrogen and oxygen atoms in total. The zero-order valence-electron chi connectivity index (χ0n) is 18.3. The van der Waals surface area contributed by atoms with E-state index in [4.69, 9.17) is 4.74 Å². The second-order valence-electron chi connectivity index (χ2n) is 8.34. The molecule has 2 amide bonds. The van der Waals surface area contributed by atoms with E-state index in [1.54, 1.807) is 19.9 Å². The minimum absolute atomic E-state index is 0.0813. The maximum Gasteiger partial charge on any atom is 0.265 e. The number of hydrogen-bond acceptors (Lipinski definition) is 5. The second-order valence-corrected chi connectivity index (χ2v) is 10.2. The first-order valence-electron chi connectivity index (χ1n) is 10.6. The van der Waals surface area contributed by atoms with E-state index in [1.807, 2.05) is 31.2 Å². The van der Waals surface area contributed by atoms with Gasteiger partial charge in [0.05, 0.1) is 10.6 Å². The Morgan fingerprint density at radius 3 is 2.66 bits per heavy atom. The summed E-state index contributed by atoms with van der Waals surface area (Å²) in [7, 11) is -3.94. The van der Waals surface area contributed by atoms with Gasteiger partial charge in [0, 0.05) is 19.2 Å². The third-order valence-electron chi connectivity index (χ3n) is 5.89. The number of rotatable bonds is 5. The van der Waals surface area contributed by atoms with Crippen LogP contribution in [-0.2, 0) is 26.2 Å². The highest BCUT2D eigenvalue weighted by molar-refractivity contribution is 7.89. The Hall–Kier alpha value is -2.91. The molecule has 1 fully saturated rings. The van der Waals surface area contributed by atoms with Crippen LogP contribution in [0.3, 0.4) is 0 Å². The Labute approximate surface area is 188 Å². The van der Waals surface area contributed by atoms with E-state index in [0.717, 1.165) is 11.1 Å². The van der Waals surface area contributed by atoms with Gasteiger partial charge in [-0.1, -0.05) is 29.8 Å². The van der Waals surface area contributed by atoms with Gasteiger partial charge < -0.3 is 15.4 Å². The molecule has 0 aliphatic carbocycles. The summed E-state index contributed by atoms with van der Waals surface area (Å²) in [5, 5.41) is 5.60. The zero-order chi connectivity index (χ0) is 23.0. The van der Waals surface area contributed by atoms with E-state index in [2.05, 4.69) is 10.6 Å². The van der Waals surface area contributed by atoms with Crippen LogP contribution >= 0.6 is 0 Å². The van der Waals surface area contributed by atoms with E-state index in [0.29, 0.717) is 36.4 Å². The topological polar surface area (TPSA) is 105 Å². The standard InChI is InChI=1S/C23H27N3O5S/c1-14-6-8-17(9-7-14)13-24-23(28)19-5-4-10-26(19)32(29,30)21-12-20-18(11-15(21)2)25-22(27)16(3)31-20/h6-9,11-12,16,19H,4-5,10,13H2,1-3H3,(H,24,28)(H,25,27)/t16-,19+/m0/s1. The molecule has 4 rings (SSSR count). The Bertz CT molecular complexity index is 1160. The number of carbonyl (C=O) groups excluding carboxylic acids is 2. The third kappa shape index (κ3) is 4.22. The van der Waals surface area contributed by atoms with Crippen molar-refractivity contribution in [1.29, 1.82) is 0 Å². The summed E-state index contributed by atoms with van der Waals surface area (Å²) in [6, 6.07) is 10.1. The van der Waals surface area contributed by atoms with Crippen LogP contribution in [0.4, 0.5) is 5.69 Å². The molecule has 0 spiro atoms. The Balaban J connectivity index is 1.55. The molecular weight excluding hydrogens is 430 g/mol. The normalized spacial score (nSPS) is 20.9. The molecule has 2 heterocycles. The molecule has 170 valence electrons. The maximum atomic E-state index is 13.5. The maximum absolute atomic E-state index is 13.5. The van der Waals surface area contributed by atoms with E-state index in [-0.39, 0.29) is 23.3 Å². The van der Waals surface area contributed by atoms with Crippen molar-refractivity contribution in [3.05, 3.63) is 53.1 Å². The molecule has 0 radical (unpaired) electrons. The van der Waals surface area contributed by atoms with Gasteiger partial charge in [0.2, 0.25) is 15.9 Å². The predicted molar refractivity (Wildman–Crippen MR) is 120 cm³/mol. The summed E-state index contributed by atoms with van der Waals surface area (Å²) in [5.74, 6) is -0.280. The smallest absolute Gasteiger partial charge is 0.265 e. The first-order chi connectivity index (χ1) is 15.2.